The van der Waals surface area contributed by atoms with Crippen LogP contribution in [0.4, 0.5) is 0 Å². The Bertz CT molecular complexity index is 433. The number of rotatable bonds is 5. The van der Waals surface area contributed by atoms with E-state index in [0.717, 1.165) is 18.5 Å². The van der Waals surface area contributed by atoms with Gasteiger partial charge in [-0.1, -0.05) is 0 Å². The number of ether oxygens (including phenoxy) is 2. The lowest BCUT2D eigenvalue weighted by Gasteiger charge is -2.29. The van der Waals surface area contributed by atoms with E-state index in [4.69, 9.17) is 9.47 Å². The van der Waals surface area contributed by atoms with E-state index < -0.39 is 0 Å². The molecule has 1 aromatic rings. The predicted molar refractivity (Wildman–Crippen MR) is 75.7 cm³/mol. The minimum absolute atomic E-state index is 0.0131. The van der Waals surface area contributed by atoms with E-state index in [-0.39, 0.29) is 18.0 Å². The quantitative estimate of drug-likeness (QED) is 0.822. The summed E-state index contributed by atoms with van der Waals surface area (Å²) in [6, 6.07) is 3.93. The molecule has 1 aromatic heterocycles. The summed E-state index contributed by atoms with van der Waals surface area (Å²) in [5.41, 5.74) is 1.53. The van der Waals surface area contributed by atoms with Crippen molar-refractivity contribution in [3.05, 3.63) is 29.6 Å². The van der Waals surface area contributed by atoms with Gasteiger partial charge in [-0.3, -0.25) is 9.78 Å². The SMILES string of the molecule is COC[C@@H]1CC[C@@H](COC)N1C(=O)c1ccc(C)nc1. The van der Waals surface area contributed by atoms with Crippen molar-refractivity contribution in [1.82, 2.24) is 9.88 Å². The van der Waals surface area contributed by atoms with Crippen molar-refractivity contribution in [2.24, 2.45) is 0 Å². The van der Waals surface area contributed by atoms with Gasteiger partial charge in [0.2, 0.25) is 0 Å². The third kappa shape index (κ3) is 3.16. The number of carbonyl (C=O) groups is 1. The van der Waals surface area contributed by atoms with Crippen LogP contribution in [0.3, 0.4) is 0 Å². The van der Waals surface area contributed by atoms with Gasteiger partial charge in [-0.2, -0.15) is 0 Å². The molecule has 0 unspecified atom stereocenters. The number of carbonyl (C=O) groups excluding carboxylic acids is 1. The lowest BCUT2D eigenvalue weighted by Crippen LogP contribution is -2.44. The maximum Gasteiger partial charge on any atom is 0.256 e. The Balaban J connectivity index is 2.19. The topological polar surface area (TPSA) is 51.7 Å². The summed E-state index contributed by atoms with van der Waals surface area (Å²) in [6.07, 6.45) is 3.55. The monoisotopic (exact) mass is 278 g/mol. The van der Waals surface area contributed by atoms with Crippen LogP contribution in [-0.2, 0) is 9.47 Å². The Morgan fingerprint density at radius 3 is 2.30 bits per heavy atom. The average Bonchev–Trinajstić information content (AvgIpc) is 2.83. The second-order valence-corrected chi connectivity index (χ2v) is 5.20. The second-order valence-electron chi connectivity index (χ2n) is 5.20. The zero-order valence-corrected chi connectivity index (χ0v) is 12.3. The first-order valence-corrected chi connectivity index (χ1v) is 6.90. The summed E-state index contributed by atoms with van der Waals surface area (Å²) in [5.74, 6) is 0.0131. The van der Waals surface area contributed by atoms with Gasteiger partial charge in [0.05, 0.1) is 30.9 Å². The maximum atomic E-state index is 12.7. The molecule has 0 bridgehead atoms. The van der Waals surface area contributed by atoms with Crippen LogP contribution in [-0.4, -0.2) is 55.3 Å². The van der Waals surface area contributed by atoms with Crippen LogP contribution < -0.4 is 0 Å². The van der Waals surface area contributed by atoms with Gasteiger partial charge in [0.1, 0.15) is 0 Å². The molecule has 0 aliphatic carbocycles. The van der Waals surface area contributed by atoms with Gasteiger partial charge in [0.25, 0.3) is 5.91 Å². The van der Waals surface area contributed by atoms with Gasteiger partial charge in [-0.15, -0.1) is 0 Å². The summed E-state index contributed by atoms with van der Waals surface area (Å²) in [6.45, 7) is 3.03. The molecule has 1 amide bonds. The van der Waals surface area contributed by atoms with Crippen molar-refractivity contribution in [3.8, 4) is 0 Å². The predicted octanol–water partition coefficient (Wildman–Crippen LogP) is 1.66. The standard InChI is InChI=1S/C15H22N2O3/c1-11-4-5-12(8-16-11)15(18)17-13(9-19-2)6-7-14(17)10-20-3/h4-5,8,13-14H,6-7,9-10H2,1-3H3/t13-,14-/m0/s1. The first-order chi connectivity index (χ1) is 9.67. The van der Waals surface area contributed by atoms with E-state index in [9.17, 15) is 4.79 Å². The molecule has 0 N–H and O–H groups in total. The number of hydrogen-bond acceptors (Lipinski definition) is 4. The molecule has 2 rings (SSSR count). The lowest BCUT2D eigenvalue weighted by molar-refractivity contribution is 0.0420. The fourth-order valence-electron chi connectivity index (χ4n) is 2.75. The molecule has 5 nitrogen and oxygen atoms in total. The zero-order valence-electron chi connectivity index (χ0n) is 12.3. The first kappa shape index (κ1) is 14.9. The van der Waals surface area contributed by atoms with E-state index >= 15 is 0 Å². The number of nitrogens with zero attached hydrogens (tertiary/aromatic N) is 2. The van der Waals surface area contributed by atoms with Crippen LogP contribution >= 0.6 is 0 Å². The molecule has 0 aromatic carbocycles. The molecule has 1 saturated heterocycles. The number of aryl methyl sites for hydroxylation is 1. The summed E-state index contributed by atoms with van der Waals surface area (Å²) >= 11 is 0. The summed E-state index contributed by atoms with van der Waals surface area (Å²) in [5, 5.41) is 0. The molecule has 0 radical (unpaired) electrons. The van der Waals surface area contributed by atoms with Gasteiger partial charge >= 0.3 is 0 Å². The van der Waals surface area contributed by atoms with Gasteiger partial charge in [0.15, 0.2) is 0 Å². The summed E-state index contributed by atoms with van der Waals surface area (Å²) in [7, 11) is 3.33. The summed E-state index contributed by atoms with van der Waals surface area (Å²) < 4.78 is 10.5. The molecule has 5 heteroatoms. The molecule has 2 heterocycles. The number of likely N-dealkylation sites (tertiary alicyclic amines) is 1. The first-order valence-electron chi connectivity index (χ1n) is 6.90. The van der Waals surface area contributed by atoms with Gasteiger partial charge < -0.3 is 14.4 Å². The van der Waals surface area contributed by atoms with E-state index in [2.05, 4.69) is 4.98 Å². The Morgan fingerprint density at radius 1 is 1.25 bits per heavy atom. The van der Waals surface area contributed by atoms with Crippen LogP contribution in [0.2, 0.25) is 0 Å². The van der Waals surface area contributed by atoms with Crippen molar-refractivity contribution < 1.29 is 14.3 Å². The van der Waals surface area contributed by atoms with E-state index in [0.29, 0.717) is 18.8 Å². The highest BCUT2D eigenvalue weighted by molar-refractivity contribution is 5.94. The van der Waals surface area contributed by atoms with Crippen molar-refractivity contribution in [2.45, 2.75) is 31.8 Å². The molecule has 1 aliphatic heterocycles. The molecular weight excluding hydrogens is 256 g/mol. The molecule has 110 valence electrons. The minimum atomic E-state index is 0.0131. The molecule has 1 fully saturated rings. The average molecular weight is 278 g/mol. The molecular formula is C15H22N2O3. The Labute approximate surface area is 119 Å². The van der Waals surface area contributed by atoms with Crippen LogP contribution in [0.5, 0.6) is 0 Å². The van der Waals surface area contributed by atoms with Crippen LogP contribution in [0.25, 0.3) is 0 Å². The lowest BCUT2D eigenvalue weighted by atomic mass is 10.2. The molecule has 0 saturated carbocycles. The Morgan fingerprint density at radius 2 is 1.85 bits per heavy atom. The van der Waals surface area contributed by atoms with E-state index in [1.54, 1.807) is 20.4 Å². The second kappa shape index (κ2) is 6.81. The molecule has 0 spiro atoms. The summed E-state index contributed by atoms with van der Waals surface area (Å²) in [4.78, 5) is 18.8. The van der Waals surface area contributed by atoms with E-state index in [1.165, 1.54) is 0 Å². The highest BCUT2D eigenvalue weighted by Crippen LogP contribution is 2.26. The highest BCUT2D eigenvalue weighted by Gasteiger charge is 2.37. The third-order valence-electron chi connectivity index (χ3n) is 3.73. The van der Waals surface area contributed by atoms with Crippen LogP contribution in [0.1, 0.15) is 28.9 Å². The molecule has 20 heavy (non-hydrogen) atoms. The van der Waals surface area contributed by atoms with Crippen molar-refractivity contribution in [1.29, 1.82) is 0 Å². The number of pyridine rings is 1. The van der Waals surface area contributed by atoms with Crippen LogP contribution in [0, 0.1) is 6.92 Å². The Hall–Kier alpha value is -1.46. The largest absolute Gasteiger partial charge is 0.383 e. The Kier molecular flexibility index (Phi) is 5.09. The number of aromatic nitrogens is 1. The fraction of sp³-hybridized carbons (Fsp3) is 0.600. The highest BCUT2D eigenvalue weighted by atomic mass is 16.5. The molecule has 2 atom stereocenters. The fourth-order valence-corrected chi connectivity index (χ4v) is 2.75. The smallest absolute Gasteiger partial charge is 0.256 e. The van der Waals surface area contributed by atoms with Gasteiger partial charge in [-0.25, -0.2) is 0 Å². The number of hydrogen-bond donors (Lipinski definition) is 0. The van der Waals surface area contributed by atoms with Crippen molar-refractivity contribution in [3.63, 3.8) is 0 Å². The maximum absolute atomic E-state index is 12.7. The minimum Gasteiger partial charge on any atom is -0.383 e. The van der Waals surface area contributed by atoms with Crippen molar-refractivity contribution >= 4 is 5.91 Å². The number of amides is 1. The molecule has 1 aliphatic rings. The van der Waals surface area contributed by atoms with Crippen molar-refractivity contribution in [2.75, 3.05) is 27.4 Å². The normalized spacial score (nSPS) is 22.2. The third-order valence-corrected chi connectivity index (χ3v) is 3.73. The van der Waals surface area contributed by atoms with E-state index in [1.807, 2.05) is 24.0 Å². The van der Waals surface area contributed by atoms with Gasteiger partial charge in [-0.05, 0) is 31.9 Å². The zero-order chi connectivity index (χ0) is 14.5. The number of methoxy groups -OCH3 is 2. The van der Waals surface area contributed by atoms with Gasteiger partial charge in [0, 0.05) is 26.1 Å². The van der Waals surface area contributed by atoms with Crippen LogP contribution in [0.15, 0.2) is 18.3 Å².